The van der Waals surface area contributed by atoms with E-state index in [0.29, 0.717) is 15.7 Å². The SMILES string of the molecule is CCCNC(=O)Cn1c(=CC(=O)OCC)sc(=Cc2cccs2)c1=O. The first kappa shape index (κ1) is 19.1. The highest BCUT2D eigenvalue weighted by Gasteiger charge is 2.10. The monoisotopic (exact) mass is 380 g/mol. The van der Waals surface area contributed by atoms with Crippen LogP contribution in [0.15, 0.2) is 22.3 Å². The molecule has 6 nitrogen and oxygen atoms in total. The van der Waals surface area contributed by atoms with Gasteiger partial charge in [-0.1, -0.05) is 13.0 Å². The quantitative estimate of drug-likeness (QED) is 0.717. The molecule has 0 atom stereocenters. The van der Waals surface area contributed by atoms with Gasteiger partial charge in [-0.05, 0) is 30.9 Å². The van der Waals surface area contributed by atoms with Gasteiger partial charge in [-0.2, -0.15) is 0 Å². The van der Waals surface area contributed by atoms with Gasteiger partial charge in [0.15, 0.2) is 0 Å². The molecule has 2 aromatic heterocycles. The Morgan fingerprint density at radius 3 is 2.80 bits per heavy atom. The van der Waals surface area contributed by atoms with Gasteiger partial charge in [-0.15, -0.1) is 22.7 Å². The van der Waals surface area contributed by atoms with Crippen molar-refractivity contribution >= 4 is 46.7 Å². The largest absolute Gasteiger partial charge is 0.463 e. The maximum absolute atomic E-state index is 12.7. The lowest BCUT2D eigenvalue weighted by Gasteiger charge is -2.04. The van der Waals surface area contributed by atoms with E-state index in [1.807, 2.05) is 24.4 Å². The number of carbonyl (C=O) groups is 2. The van der Waals surface area contributed by atoms with E-state index in [9.17, 15) is 14.4 Å². The molecular weight excluding hydrogens is 360 g/mol. The molecule has 0 bridgehead atoms. The summed E-state index contributed by atoms with van der Waals surface area (Å²) in [5, 5.41) is 4.65. The number of nitrogens with zero attached hydrogens (tertiary/aromatic N) is 1. The molecule has 0 fully saturated rings. The van der Waals surface area contributed by atoms with Crippen LogP contribution in [0.3, 0.4) is 0 Å². The van der Waals surface area contributed by atoms with Crippen molar-refractivity contribution in [2.24, 2.45) is 0 Å². The molecule has 134 valence electrons. The van der Waals surface area contributed by atoms with Crippen LogP contribution in [0.2, 0.25) is 0 Å². The maximum Gasteiger partial charge on any atom is 0.333 e. The van der Waals surface area contributed by atoms with Crippen molar-refractivity contribution in [1.29, 1.82) is 0 Å². The smallest absolute Gasteiger partial charge is 0.333 e. The van der Waals surface area contributed by atoms with Gasteiger partial charge in [0.05, 0.1) is 17.2 Å². The first-order chi connectivity index (χ1) is 12.0. The minimum Gasteiger partial charge on any atom is -0.463 e. The number of hydrogen-bond donors (Lipinski definition) is 1. The molecule has 2 rings (SSSR count). The number of hydrogen-bond acceptors (Lipinski definition) is 6. The standard InChI is InChI=1S/C17H20N2O4S2/c1-3-7-18-14(20)11-19-15(10-16(21)23-4-2)25-13(17(19)22)9-12-6-5-8-24-12/h5-6,8-10H,3-4,7,11H2,1-2H3,(H,18,20). The van der Waals surface area contributed by atoms with Gasteiger partial charge in [0.25, 0.3) is 5.56 Å². The van der Waals surface area contributed by atoms with Gasteiger partial charge in [0, 0.05) is 11.4 Å². The molecule has 0 radical (unpaired) electrons. The summed E-state index contributed by atoms with van der Waals surface area (Å²) < 4.78 is 7.10. The minimum atomic E-state index is -0.533. The lowest BCUT2D eigenvalue weighted by Crippen LogP contribution is -2.38. The van der Waals surface area contributed by atoms with Gasteiger partial charge in [-0.25, -0.2) is 4.79 Å². The number of amides is 1. The summed E-state index contributed by atoms with van der Waals surface area (Å²) >= 11 is 2.68. The number of aromatic nitrogens is 1. The molecule has 25 heavy (non-hydrogen) atoms. The van der Waals surface area contributed by atoms with Gasteiger partial charge < -0.3 is 10.1 Å². The average molecular weight is 380 g/mol. The first-order valence-electron chi connectivity index (χ1n) is 7.95. The zero-order chi connectivity index (χ0) is 18.2. The molecule has 0 saturated heterocycles. The van der Waals surface area contributed by atoms with E-state index in [0.717, 1.165) is 11.3 Å². The fraction of sp³-hybridized carbons (Fsp3) is 0.353. The van der Waals surface area contributed by atoms with Gasteiger partial charge in [0.2, 0.25) is 5.91 Å². The zero-order valence-corrected chi connectivity index (χ0v) is 15.7. The lowest BCUT2D eigenvalue weighted by atomic mass is 10.4. The fourth-order valence-electron chi connectivity index (χ4n) is 2.04. The number of esters is 1. The second kappa shape index (κ2) is 9.33. The van der Waals surface area contributed by atoms with Gasteiger partial charge in [0.1, 0.15) is 11.2 Å². The van der Waals surface area contributed by atoms with Crippen LogP contribution in [-0.4, -0.2) is 29.6 Å². The number of ether oxygens (including phenoxy) is 1. The number of thiazole rings is 1. The third-order valence-corrected chi connectivity index (χ3v) is 5.03. The Morgan fingerprint density at radius 1 is 1.36 bits per heavy atom. The van der Waals surface area contributed by atoms with Crippen LogP contribution in [-0.2, 0) is 20.9 Å². The highest BCUT2D eigenvalue weighted by Crippen LogP contribution is 2.08. The van der Waals surface area contributed by atoms with E-state index < -0.39 is 5.97 Å². The van der Waals surface area contributed by atoms with Crippen molar-refractivity contribution in [2.75, 3.05) is 13.2 Å². The molecule has 2 aromatic rings. The van der Waals surface area contributed by atoms with Gasteiger partial charge >= 0.3 is 5.97 Å². The molecule has 0 unspecified atom stereocenters. The average Bonchev–Trinajstić information content (AvgIpc) is 3.17. The molecular formula is C17H20N2O4S2. The summed E-state index contributed by atoms with van der Waals surface area (Å²) in [7, 11) is 0. The zero-order valence-electron chi connectivity index (χ0n) is 14.1. The van der Waals surface area contributed by atoms with Crippen molar-refractivity contribution < 1.29 is 14.3 Å². The Kier molecular flexibility index (Phi) is 7.15. The van der Waals surface area contributed by atoms with Crippen LogP contribution in [0.4, 0.5) is 0 Å². The summed E-state index contributed by atoms with van der Waals surface area (Å²) in [6, 6.07) is 3.79. The van der Waals surface area contributed by atoms with Crippen molar-refractivity contribution in [3.05, 3.63) is 41.9 Å². The third-order valence-electron chi connectivity index (χ3n) is 3.15. The Balaban J connectivity index is 2.47. The normalized spacial score (nSPS) is 12.4. The third kappa shape index (κ3) is 5.40. The van der Waals surface area contributed by atoms with Gasteiger partial charge in [-0.3, -0.25) is 14.2 Å². The molecule has 8 heteroatoms. The molecule has 0 aliphatic rings. The summed E-state index contributed by atoms with van der Waals surface area (Å²) in [5.74, 6) is -0.794. The van der Waals surface area contributed by atoms with Crippen LogP contribution in [0, 0.1) is 0 Å². The summed E-state index contributed by atoms with van der Waals surface area (Å²) in [5.41, 5.74) is -0.291. The molecule has 1 N–H and O–H groups in total. The second-order valence-corrected chi connectivity index (χ2v) is 7.14. The highest BCUT2D eigenvalue weighted by atomic mass is 32.1. The fourth-order valence-corrected chi connectivity index (χ4v) is 3.80. The van der Waals surface area contributed by atoms with E-state index in [-0.39, 0.29) is 24.6 Å². The molecule has 0 saturated carbocycles. The van der Waals surface area contributed by atoms with Crippen molar-refractivity contribution in [2.45, 2.75) is 26.8 Å². The molecule has 1 amide bonds. The number of nitrogens with one attached hydrogen (secondary N) is 1. The van der Waals surface area contributed by atoms with Crippen LogP contribution in [0.25, 0.3) is 12.2 Å². The van der Waals surface area contributed by atoms with E-state index in [1.165, 1.54) is 33.3 Å². The topological polar surface area (TPSA) is 77.4 Å². The van der Waals surface area contributed by atoms with E-state index >= 15 is 0 Å². The molecule has 2 heterocycles. The molecule has 0 aromatic carbocycles. The number of thiophene rings is 1. The van der Waals surface area contributed by atoms with Crippen LogP contribution in [0.5, 0.6) is 0 Å². The summed E-state index contributed by atoms with van der Waals surface area (Å²) in [6.45, 7) is 4.32. The van der Waals surface area contributed by atoms with Crippen LogP contribution < -0.4 is 20.1 Å². The Morgan fingerprint density at radius 2 is 2.16 bits per heavy atom. The molecule has 0 spiro atoms. The summed E-state index contributed by atoms with van der Waals surface area (Å²) in [6.07, 6.45) is 3.83. The highest BCUT2D eigenvalue weighted by molar-refractivity contribution is 7.11. The Bertz CT molecular complexity index is 894. The van der Waals surface area contributed by atoms with E-state index in [1.54, 1.807) is 13.0 Å². The molecule has 0 aliphatic carbocycles. The van der Waals surface area contributed by atoms with E-state index in [4.69, 9.17) is 4.74 Å². The minimum absolute atomic E-state index is 0.126. The van der Waals surface area contributed by atoms with Crippen LogP contribution >= 0.6 is 22.7 Å². The Hall–Kier alpha value is -2.19. The predicted octanol–water partition coefficient (Wildman–Crippen LogP) is 0.670. The number of rotatable bonds is 7. The van der Waals surface area contributed by atoms with Crippen molar-refractivity contribution in [1.82, 2.24) is 9.88 Å². The first-order valence-corrected chi connectivity index (χ1v) is 9.64. The maximum atomic E-state index is 12.7. The molecule has 0 aliphatic heterocycles. The van der Waals surface area contributed by atoms with Crippen molar-refractivity contribution in [3.63, 3.8) is 0 Å². The van der Waals surface area contributed by atoms with Crippen LogP contribution in [0.1, 0.15) is 25.1 Å². The predicted molar refractivity (Wildman–Crippen MR) is 100 cm³/mol. The Labute approximate surface area is 153 Å². The second-order valence-electron chi connectivity index (χ2n) is 5.10. The van der Waals surface area contributed by atoms with E-state index in [2.05, 4.69) is 5.32 Å². The lowest BCUT2D eigenvalue weighted by molar-refractivity contribution is -0.135. The van der Waals surface area contributed by atoms with Crippen molar-refractivity contribution in [3.8, 4) is 0 Å². The number of carbonyl (C=O) groups excluding carboxylic acids is 2. The summed E-state index contributed by atoms with van der Waals surface area (Å²) in [4.78, 5) is 37.4.